The van der Waals surface area contributed by atoms with Gasteiger partial charge in [-0.05, 0) is 61.7 Å². The van der Waals surface area contributed by atoms with Gasteiger partial charge in [-0.2, -0.15) is 5.26 Å². The van der Waals surface area contributed by atoms with Crippen LogP contribution in [0, 0.1) is 11.3 Å². The van der Waals surface area contributed by atoms with Gasteiger partial charge in [0.15, 0.2) is 0 Å². The Morgan fingerprint density at radius 1 is 1.08 bits per heavy atom. The molecule has 1 heterocycles. The van der Waals surface area contributed by atoms with Crippen molar-refractivity contribution in [2.45, 2.75) is 18.8 Å². The molecule has 1 amide bonds. The number of amides is 1. The Balaban J connectivity index is 1.47. The molecule has 1 aliphatic rings. The molecule has 0 unspecified atom stereocenters. The van der Waals surface area contributed by atoms with Crippen molar-refractivity contribution in [3.05, 3.63) is 65.7 Å². The number of nitriles is 1. The Kier molecular flexibility index (Phi) is 5.25. The van der Waals surface area contributed by atoms with Crippen LogP contribution >= 0.6 is 0 Å². The molecule has 1 N–H and O–H groups in total. The predicted octanol–water partition coefficient (Wildman–Crippen LogP) is 3.38. The van der Waals surface area contributed by atoms with Crippen molar-refractivity contribution < 1.29 is 4.79 Å². The molecule has 0 aromatic heterocycles. The highest BCUT2D eigenvalue weighted by Crippen LogP contribution is 2.27. The first-order chi connectivity index (χ1) is 11.7. The Bertz CT molecular complexity index is 711. The third-order valence-electron chi connectivity index (χ3n) is 4.52. The van der Waals surface area contributed by atoms with E-state index >= 15 is 0 Å². The van der Waals surface area contributed by atoms with Crippen LogP contribution < -0.4 is 5.32 Å². The molecule has 2 aromatic rings. The monoisotopic (exact) mass is 319 g/mol. The standard InChI is InChI=1S/C20H21N3O/c21-14-16-6-8-19(9-7-16)22-20(24)15-23-12-10-18(11-13-23)17-4-2-1-3-5-17/h1-9,18H,10-13,15H2,(H,22,24). The molecule has 0 atom stereocenters. The second-order valence-corrected chi connectivity index (χ2v) is 6.20. The van der Waals surface area contributed by atoms with Gasteiger partial charge in [0.05, 0.1) is 18.2 Å². The molecular weight excluding hydrogens is 298 g/mol. The van der Waals surface area contributed by atoms with Gasteiger partial charge in [-0.3, -0.25) is 9.69 Å². The average molecular weight is 319 g/mol. The first-order valence-corrected chi connectivity index (χ1v) is 8.32. The number of nitrogens with zero attached hydrogens (tertiary/aromatic N) is 2. The van der Waals surface area contributed by atoms with Gasteiger partial charge < -0.3 is 5.32 Å². The van der Waals surface area contributed by atoms with Gasteiger partial charge >= 0.3 is 0 Å². The fourth-order valence-corrected chi connectivity index (χ4v) is 3.18. The summed E-state index contributed by atoms with van der Waals surface area (Å²) in [5.41, 5.74) is 2.73. The highest BCUT2D eigenvalue weighted by atomic mass is 16.2. The number of carbonyl (C=O) groups excluding carboxylic acids is 1. The van der Waals surface area contributed by atoms with E-state index in [0.717, 1.165) is 31.6 Å². The Hall–Kier alpha value is -2.64. The van der Waals surface area contributed by atoms with Gasteiger partial charge in [-0.25, -0.2) is 0 Å². The number of piperidine rings is 1. The van der Waals surface area contributed by atoms with E-state index in [1.165, 1.54) is 5.56 Å². The minimum absolute atomic E-state index is 0.00197. The van der Waals surface area contributed by atoms with Crippen LogP contribution in [0.15, 0.2) is 54.6 Å². The fraction of sp³-hybridized carbons (Fsp3) is 0.300. The van der Waals surface area contributed by atoms with E-state index < -0.39 is 0 Å². The van der Waals surface area contributed by atoms with E-state index in [0.29, 0.717) is 18.0 Å². The van der Waals surface area contributed by atoms with E-state index in [9.17, 15) is 4.79 Å². The summed E-state index contributed by atoms with van der Waals surface area (Å²) < 4.78 is 0. The van der Waals surface area contributed by atoms with Gasteiger partial charge in [0, 0.05) is 5.69 Å². The van der Waals surface area contributed by atoms with Crippen LogP contribution in [0.4, 0.5) is 5.69 Å². The lowest BCUT2D eigenvalue weighted by Gasteiger charge is -2.31. The zero-order chi connectivity index (χ0) is 16.8. The first kappa shape index (κ1) is 16.2. The molecule has 2 aromatic carbocycles. The van der Waals surface area contributed by atoms with Crippen molar-refractivity contribution in [1.29, 1.82) is 5.26 Å². The highest BCUT2D eigenvalue weighted by Gasteiger charge is 2.21. The number of anilines is 1. The topological polar surface area (TPSA) is 56.1 Å². The van der Waals surface area contributed by atoms with Crippen LogP contribution in [0.3, 0.4) is 0 Å². The lowest BCUT2D eigenvalue weighted by molar-refractivity contribution is -0.117. The van der Waals surface area contributed by atoms with Gasteiger partial charge in [-0.1, -0.05) is 30.3 Å². The maximum Gasteiger partial charge on any atom is 0.238 e. The summed E-state index contributed by atoms with van der Waals surface area (Å²) in [5.74, 6) is 0.599. The number of hydrogen-bond donors (Lipinski definition) is 1. The molecule has 24 heavy (non-hydrogen) atoms. The summed E-state index contributed by atoms with van der Waals surface area (Å²) in [6.45, 7) is 2.31. The zero-order valence-electron chi connectivity index (χ0n) is 13.6. The largest absolute Gasteiger partial charge is 0.325 e. The third-order valence-corrected chi connectivity index (χ3v) is 4.52. The second-order valence-electron chi connectivity index (χ2n) is 6.20. The van der Waals surface area contributed by atoms with E-state index in [2.05, 4.69) is 40.6 Å². The smallest absolute Gasteiger partial charge is 0.238 e. The second kappa shape index (κ2) is 7.76. The minimum atomic E-state index is -0.00197. The molecular formula is C20H21N3O. The summed E-state index contributed by atoms with van der Waals surface area (Å²) >= 11 is 0. The summed E-state index contributed by atoms with van der Waals surface area (Å²) in [7, 11) is 0. The number of carbonyl (C=O) groups is 1. The minimum Gasteiger partial charge on any atom is -0.325 e. The lowest BCUT2D eigenvalue weighted by atomic mass is 9.89. The van der Waals surface area contributed by atoms with Crippen LogP contribution in [0.25, 0.3) is 0 Å². The molecule has 4 heteroatoms. The Morgan fingerprint density at radius 2 is 1.75 bits per heavy atom. The zero-order valence-corrected chi connectivity index (χ0v) is 13.6. The van der Waals surface area contributed by atoms with Crippen molar-refractivity contribution in [2.24, 2.45) is 0 Å². The average Bonchev–Trinajstić information content (AvgIpc) is 2.64. The van der Waals surface area contributed by atoms with Gasteiger partial charge in [0.2, 0.25) is 5.91 Å². The number of hydrogen-bond acceptors (Lipinski definition) is 3. The summed E-state index contributed by atoms with van der Waals surface area (Å²) in [6.07, 6.45) is 2.18. The number of likely N-dealkylation sites (tertiary alicyclic amines) is 1. The van der Waals surface area contributed by atoms with E-state index in [-0.39, 0.29) is 5.91 Å². The van der Waals surface area contributed by atoms with Gasteiger partial charge in [-0.15, -0.1) is 0 Å². The van der Waals surface area contributed by atoms with Gasteiger partial charge in [0.25, 0.3) is 0 Å². The van der Waals surface area contributed by atoms with Gasteiger partial charge in [0.1, 0.15) is 0 Å². The van der Waals surface area contributed by atoms with Crippen molar-refractivity contribution in [2.75, 3.05) is 25.0 Å². The summed E-state index contributed by atoms with van der Waals surface area (Å²) in [6, 6.07) is 19.6. The predicted molar refractivity (Wildman–Crippen MR) is 94.6 cm³/mol. The molecule has 4 nitrogen and oxygen atoms in total. The SMILES string of the molecule is N#Cc1ccc(NC(=O)CN2CCC(c3ccccc3)CC2)cc1. The summed E-state index contributed by atoms with van der Waals surface area (Å²) in [4.78, 5) is 14.4. The molecule has 0 radical (unpaired) electrons. The van der Waals surface area contributed by atoms with Crippen LogP contribution in [0.2, 0.25) is 0 Å². The molecule has 0 spiro atoms. The Morgan fingerprint density at radius 3 is 2.38 bits per heavy atom. The Labute approximate surface area is 142 Å². The van der Waals surface area contributed by atoms with Crippen molar-refractivity contribution in [3.63, 3.8) is 0 Å². The quantitative estimate of drug-likeness (QED) is 0.940. The number of rotatable bonds is 4. The summed E-state index contributed by atoms with van der Waals surface area (Å²) in [5, 5.41) is 11.7. The lowest BCUT2D eigenvalue weighted by Crippen LogP contribution is -2.38. The maximum atomic E-state index is 12.2. The molecule has 1 fully saturated rings. The van der Waals surface area contributed by atoms with Crippen LogP contribution in [0.1, 0.15) is 29.9 Å². The molecule has 0 bridgehead atoms. The molecule has 1 aliphatic heterocycles. The fourth-order valence-electron chi connectivity index (χ4n) is 3.18. The van der Waals surface area contributed by atoms with E-state index in [4.69, 9.17) is 5.26 Å². The van der Waals surface area contributed by atoms with Crippen LogP contribution in [-0.2, 0) is 4.79 Å². The van der Waals surface area contributed by atoms with Crippen molar-refractivity contribution >= 4 is 11.6 Å². The third kappa shape index (κ3) is 4.21. The van der Waals surface area contributed by atoms with E-state index in [1.54, 1.807) is 24.3 Å². The molecule has 0 aliphatic carbocycles. The molecule has 122 valence electrons. The maximum absolute atomic E-state index is 12.2. The molecule has 0 saturated carbocycles. The number of benzene rings is 2. The van der Waals surface area contributed by atoms with Crippen molar-refractivity contribution in [1.82, 2.24) is 4.90 Å². The molecule has 3 rings (SSSR count). The first-order valence-electron chi connectivity index (χ1n) is 8.32. The van der Waals surface area contributed by atoms with E-state index in [1.807, 2.05) is 6.07 Å². The van der Waals surface area contributed by atoms with Crippen molar-refractivity contribution in [3.8, 4) is 6.07 Å². The van der Waals surface area contributed by atoms with Crippen LogP contribution in [0.5, 0.6) is 0 Å². The molecule has 1 saturated heterocycles. The number of nitrogens with one attached hydrogen (secondary N) is 1. The van der Waals surface area contributed by atoms with Crippen LogP contribution in [-0.4, -0.2) is 30.4 Å². The normalized spacial score (nSPS) is 15.6. The highest BCUT2D eigenvalue weighted by molar-refractivity contribution is 5.92.